The minimum Gasteiger partial charge on any atom is -0.348 e. The Labute approximate surface area is 273 Å². The Kier molecular flexibility index (Phi) is 9.51. The van der Waals surface area contributed by atoms with Gasteiger partial charge in [-0.2, -0.15) is 0 Å². The van der Waals surface area contributed by atoms with Gasteiger partial charge < -0.3 is 20.4 Å². The lowest BCUT2D eigenvalue weighted by molar-refractivity contribution is -0.120. The maximum atomic E-state index is 14.1. The van der Waals surface area contributed by atoms with Crippen LogP contribution in [0, 0.1) is 5.82 Å². The molecule has 240 valence electrons. The van der Waals surface area contributed by atoms with Gasteiger partial charge in [0.2, 0.25) is 11.8 Å². The predicted octanol–water partition coefficient (Wildman–Crippen LogP) is 4.82. The Bertz CT molecular complexity index is 1800. The highest BCUT2D eigenvalue weighted by molar-refractivity contribution is 6.24. The van der Waals surface area contributed by atoms with E-state index in [1.54, 1.807) is 30.1 Å². The Morgan fingerprint density at radius 2 is 1.64 bits per heavy atom. The molecule has 0 aromatic heterocycles. The van der Waals surface area contributed by atoms with E-state index in [0.717, 1.165) is 37.4 Å². The Morgan fingerprint density at radius 1 is 0.915 bits per heavy atom. The minimum atomic E-state index is -0.785. The molecule has 3 amide bonds. The molecule has 9 nitrogen and oxygen atoms in total. The minimum absolute atomic E-state index is 0.00845. The van der Waals surface area contributed by atoms with Gasteiger partial charge in [-0.25, -0.2) is 4.39 Å². The molecule has 2 heterocycles. The normalized spacial score (nSPS) is 16.8. The molecule has 0 aliphatic carbocycles. The molecule has 10 heteroatoms. The van der Waals surface area contributed by atoms with Crippen molar-refractivity contribution < 1.29 is 18.8 Å². The molecule has 2 N–H and O–H groups in total. The van der Waals surface area contributed by atoms with Crippen LogP contribution < -0.4 is 15.5 Å². The smallest absolute Gasteiger partial charge is 0.251 e. The van der Waals surface area contributed by atoms with E-state index in [1.165, 1.54) is 12.1 Å². The number of hydrogen-bond donors (Lipinski definition) is 2. The van der Waals surface area contributed by atoms with Gasteiger partial charge >= 0.3 is 0 Å². The predicted molar refractivity (Wildman–Crippen MR) is 182 cm³/mol. The van der Waals surface area contributed by atoms with E-state index in [2.05, 4.69) is 27.5 Å². The number of aliphatic imine (C=N–C) groups is 1. The lowest BCUT2D eigenvalue weighted by atomic mass is 9.90. The van der Waals surface area contributed by atoms with Crippen LogP contribution in [-0.4, -0.2) is 80.1 Å². The zero-order valence-corrected chi connectivity index (χ0v) is 26.4. The molecule has 1 atom stereocenters. The summed E-state index contributed by atoms with van der Waals surface area (Å²) in [6.07, 6.45) is 0. The second kappa shape index (κ2) is 14.1. The molecule has 0 bridgehead atoms. The van der Waals surface area contributed by atoms with Crippen LogP contribution in [0.25, 0.3) is 0 Å². The topological polar surface area (TPSA) is 97.3 Å². The van der Waals surface area contributed by atoms with Crippen LogP contribution >= 0.6 is 0 Å². The van der Waals surface area contributed by atoms with Gasteiger partial charge in [-0.1, -0.05) is 42.5 Å². The fraction of sp³-hybridized carbons (Fsp3) is 0.243. The number of halogens is 1. The number of fused-ring (bicyclic) bond motifs is 1. The summed E-state index contributed by atoms with van der Waals surface area (Å²) in [5.74, 6) is -1.72. The van der Waals surface area contributed by atoms with Gasteiger partial charge in [-0.3, -0.25) is 24.3 Å². The first kappa shape index (κ1) is 31.8. The fourth-order valence-electron chi connectivity index (χ4n) is 5.85. The van der Waals surface area contributed by atoms with Crippen molar-refractivity contribution in [2.24, 2.45) is 4.99 Å². The zero-order chi connectivity index (χ0) is 32.9. The van der Waals surface area contributed by atoms with Crippen molar-refractivity contribution in [1.82, 2.24) is 15.1 Å². The molecular weight excluding hydrogens is 595 g/mol. The van der Waals surface area contributed by atoms with E-state index in [4.69, 9.17) is 4.99 Å². The van der Waals surface area contributed by atoms with Crippen LogP contribution in [0.15, 0.2) is 102 Å². The number of nitrogens with zero attached hydrogens (tertiary/aromatic N) is 4. The van der Waals surface area contributed by atoms with E-state index >= 15 is 0 Å². The number of carbonyl (C=O) groups excluding carboxylic acids is 3. The molecular formula is C37H37FN6O3. The number of piperazine rings is 1. The van der Waals surface area contributed by atoms with E-state index in [9.17, 15) is 18.8 Å². The Morgan fingerprint density at radius 3 is 2.38 bits per heavy atom. The SMILES string of the molecule is CN1CCN(CC(=O)N(C)c2ccc(N=C(c3cccc(CNC(=O)c4ccccc4)c3)C3C(=O)Nc4cc(F)ccc43)cc2)CC1. The second-order valence-corrected chi connectivity index (χ2v) is 11.9. The van der Waals surface area contributed by atoms with Crippen molar-refractivity contribution in [3.63, 3.8) is 0 Å². The van der Waals surface area contributed by atoms with Gasteiger partial charge in [0.25, 0.3) is 5.91 Å². The highest BCUT2D eigenvalue weighted by Crippen LogP contribution is 2.37. The number of benzene rings is 4. The average Bonchev–Trinajstić information content (AvgIpc) is 3.41. The van der Waals surface area contributed by atoms with Crippen LogP contribution in [-0.2, 0) is 16.1 Å². The van der Waals surface area contributed by atoms with E-state index in [1.807, 2.05) is 66.7 Å². The first-order chi connectivity index (χ1) is 22.7. The summed E-state index contributed by atoms with van der Waals surface area (Å²) in [6, 6.07) is 28.1. The molecule has 2 aliphatic heterocycles. The van der Waals surface area contributed by atoms with Crippen molar-refractivity contribution >= 4 is 40.5 Å². The monoisotopic (exact) mass is 632 g/mol. The third-order valence-electron chi connectivity index (χ3n) is 8.65. The summed E-state index contributed by atoms with van der Waals surface area (Å²) in [4.78, 5) is 50.1. The third-order valence-corrected chi connectivity index (χ3v) is 8.65. The Hall–Kier alpha value is -5.19. The lowest BCUT2D eigenvalue weighted by Crippen LogP contribution is -2.48. The summed E-state index contributed by atoms with van der Waals surface area (Å²) in [5, 5.41) is 5.75. The molecule has 0 spiro atoms. The van der Waals surface area contributed by atoms with Crippen LogP contribution in [0.2, 0.25) is 0 Å². The van der Waals surface area contributed by atoms with Crippen LogP contribution in [0.4, 0.5) is 21.5 Å². The largest absolute Gasteiger partial charge is 0.348 e. The summed E-state index contributed by atoms with van der Waals surface area (Å²) in [6.45, 7) is 4.23. The molecule has 1 fully saturated rings. The van der Waals surface area contributed by atoms with E-state index in [-0.39, 0.29) is 24.3 Å². The van der Waals surface area contributed by atoms with Crippen LogP contribution in [0.5, 0.6) is 0 Å². The molecule has 6 rings (SSSR count). The van der Waals surface area contributed by atoms with Crippen molar-refractivity contribution in [3.8, 4) is 0 Å². The van der Waals surface area contributed by atoms with Gasteiger partial charge in [0, 0.05) is 56.7 Å². The highest BCUT2D eigenvalue weighted by Gasteiger charge is 2.36. The third kappa shape index (κ3) is 7.45. The number of rotatable bonds is 9. The maximum absolute atomic E-state index is 14.1. The summed E-state index contributed by atoms with van der Waals surface area (Å²) in [7, 11) is 3.85. The van der Waals surface area contributed by atoms with Crippen LogP contribution in [0.3, 0.4) is 0 Å². The number of nitrogens with one attached hydrogen (secondary N) is 2. The summed E-state index contributed by atoms with van der Waals surface area (Å²) in [5.41, 5.74) is 4.93. The zero-order valence-electron chi connectivity index (χ0n) is 26.4. The lowest BCUT2D eigenvalue weighted by Gasteiger charge is -2.32. The van der Waals surface area contributed by atoms with Crippen molar-refractivity contribution in [3.05, 3.63) is 125 Å². The molecule has 2 aliphatic rings. The molecule has 4 aromatic carbocycles. The highest BCUT2D eigenvalue weighted by atomic mass is 19.1. The van der Waals surface area contributed by atoms with Gasteiger partial charge in [-0.05, 0) is 78.3 Å². The number of anilines is 2. The van der Waals surface area contributed by atoms with Gasteiger partial charge in [0.1, 0.15) is 11.7 Å². The first-order valence-electron chi connectivity index (χ1n) is 15.6. The quantitative estimate of drug-likeness (QED) is 0.258. The summed E-state index contributed by atoms with van der Waals surface area (Å²) < 4.78 is 14.1. The number of likely N-dealkylation sites (N-methyl/N-ethyl adjacent to an activating group) is 2. The standard InChI is InChI=1S/C37H37FN6O3/c1-42-17-19-44(20-18-42)24-33(45)43(2)30-14-12-29(13-15-30)40-35(34-31-16-11-28(38)22-32(31)41-37(34)47)27-10-6-7-25(21-27)23-39-36(46)26-8-4-3-5-9-26/h3-16,21-22,34H,17-20,23-24H2,1-2H3,(H,39,46)(H,41,47). The molecule has 0 radical (unpaired) electrons. The van der Waals surface area contributed by atoms with E-state index < -0.39 is 11.7 Å². The molecule has 47 heavy (non-hydrogen) atoms. The molecule has 0 saturated carbocycles. The number of amides is 3. The van der Waals surface area contributed by atoms with Gasteiger partial charge in [0.15, 0.2) is 0 Å². The second-order valence-electron chi connectivity index (χ2n) is 11.9. The average molecular weight is 633 g/mol. The van der Waals surface area contributed by atoms with Crippen LogP contribution in [0.1, 0.15) is 33.0 Å². The Balaban J connectivity index is 1.27. The summed E-state index contributed by atoms with van der Waals surface area (Å²) >= 11 is 0. The number of carbonyl (C=O) groups is 3. The van der Waals surface area contributed by atoms with E-state index in [0.29, 0.717) is 40.3 Å². The van der Waals surface area contributed by atoms with Crippen molar-refractivity contribution in [1.29, 1.82) is 0 Å². The maximum Gasteiger partial charge on any atom is 0.251 e. The molecule has 1 saturated heterocycles. The van der Waals surface area contributed by atoms with Crippen molar-refractivity contribution in [2.75, 3.05) is 57.0 Å². The van der Waals surface area contributed by atoms with Crippen molar-refractivity contribution in [2.45, 2.75) is 12.5 Å². The number of hydrogen-bond acceptors (Lipinski definition) is 6. The molecule has 1 unspecified atom stereocenters. The van der Waals surface area contributed by atoms with Gasteiger partial charge in [0.05, 0.1) is 17.9 Å². The fourth-order valence-corrected chi connectivity index (χ4v) is 5.85. The first-order valence-corrected chi connectivity index (χ1v) is 15.6. The molecule has 4 aromatic rings. The van der Waals surface area contributed by atoms with Gasteiger partial charge in [-0.15, -0.1) is 0 Å².